The number of hydrogen-bond donors (Lipinski definition) is 0. The molecular weight excluding hydrogens is 500 g/mol. The molecule has 0 amide bonds. The number of hydrogen-bond acceptors (Lipinski definition) is 6. The second-order valence-electron chi connectivity index (χ2n) is 10.0. The molecule has 7 heteroatoms. The zero-order chi connectivity index (χ0) is 26.2. The Balaban J connectivity index is 1.55. The molecule has 0 saturated carbocycles. The van der Waals surface area contributed by atoms with Crippen LogP contribution in [0.3, 0.4) is 0 Å². The van der Waals surface area contributed by atoms with Crippen molar-refractivity contribution >= 4 is 34.7 Å². The second-order valence-corrected chi connectivity index (χ2v) is 12.0. The molecular formula is C30H28N2O3S2. The maximum absolute atomic E-state index is 13.7. The van der Waals surface area contributed by atoms with Crippen LogP contribution in [0.25, 0.3) is 6.08 Å². The molecule has 188 valence electrons. The fourth-order valence-electron chi connectivity index (χ4n) is 4.33. The van der Waals surface area contributed by atoms with Crippen molar-refractivity contribution in [3.05, 3.63) is 125 Å². The topological polar surface area (TPSA) is 60.7 Å². The maximum Gasteiger partial charge on any atom is 0.338 e. The number of thiazole rings is 1. The second kappa shape index (κ2) is 10.1. The van der Waals surface area contributed by atoms with E-state index in [-0.39, 0.29) is 17.6 Å². The van der Waals surface area contributed by atoms with Crippen LogP contribution in [0.15, 0.2) is 93.2 Å². The van der Waals surface area contributed by atoms with E-state index in [1.54, 1.807) is 4.57 Å². The summed E-state index contributed by atoms with van der Waals surface area (Å²) in [6.07, 6.45) is 1.90. The number of nitrogens with zero attached hydrogens (tertiary/aromatic N) is 2. The molecule has 1 aliphatic heterocycles. The number of benzene rings is 2. The monoisotopic (exact) mass is 528 g/mol. The van der Waals surface area contributed by atoms with Crippen molar-refractivity contribution < 1.29 is 9.53 Å². The lowest BCUT2D eigenvalue weighted by Gasteiger charge is -2.23. The summed E-state index contributed by atoms with van der Waals surface area (Å²) in [5, 5.41) is 1.95. The lowest BCUT2D eigenvalue weighted by Crippen LogP contribution is -2.39. The maximum atomic E-state index is 13.7. The summed E-state index contributed by atoms with van der Waals surface area (Å²) < 4.78 is 7.91. The quantitative estimate of drug-likeness (QED) is 0.329. The fourth-order valence-corrected chi connectivity index (χ4v) is 6.20. The zero-order valence-electron chi connectivity index (χ0n) is 21.2. The average Bonchev–Trinajstić information content (AvgIpc) is 3.51. The van der Waals surface area contributed by atoms with E-state index in [2.05, 4.69) is 37.9 Å². The first-order valence-corrected chi connectivity index (χ1v) is 13.8. The number of esters is 1. The van der Waals surface area contributed by atoms with E-state index in [1.165, 1.54) is 28.2 Å². The zero-order valence-corrected chi connectivity index (χ0v) is 22.9. The average molecular weight is 529 g/mol. The molecule has 4 aromatic rings. The lowest BCUT2D eigenvalue weighted by atomic mass is 9.87. The van der Waals surface area contributed by atoms with Gasteiger partial charge in [-0.25, -0.2) is 9.79 Å². The number of ether oxygens (including phenoxy) is 1. The van der Waals surface area contributed by atoms with E-state index in [4.69, 9.17) is 4.74 Å². The summed E-state index contributed by atoms with van der Waals surface area (Å²) in [6.45, 7) is 8.49. The van der Waals surface area contributed by atoms with Gasteiger partial charge in [0.25, 0.3) is 5.56 Å². The lowest BCUT2D eigenvalue weighted by molar-refractivity contribution is -0.140. The van der Waals surface area contributed by atoms with Crippen molar-refractivity contribution in [2.24, 2.45) is 4.99 Å². The third kappa shape index (κ3) is 5.15. The molecule has 5 nitrogen and oxygen atoms in total. The minimum atomic E-state index is -0.579. The molecule has 0 bridgehead atoms. The van der Waals surface area contributed by atoms with E-state index >= 15 is 0 Å². The molecule has 5 rings (SSSR count). The smallest absolute Gasteiger partial charge is 0.338 e. The number of carbonyl (C=O) groups excluding carboxylic acids is 1. The molecule has 0 fully saturated rings. The van der Waals surface area contributed by atoms with Crippen molar-refractivity contribution in [1.29, 1.82) is 0 Å². The van der Waals surface area contributed by atoms with Crippen LogP contribution in [0.4, 0.5) is 0 Å². The van der Waals surface area contributed by atoms with Gasteiger partial charge in [-0.05, 0) is 46.6 Å². The molecule has 2 aromatic heterocycles. The number of carbonyl (C=O) groups is 1. The first-order valence-electron chi connectivity index (χ1n) is 12.1. The van der Waals surface area contributed by atoms with Gasteiger partial charge in [-0.15, -0.1) is 11.3 Å². The van der Waals surface area contributed by atoms with E-state index in [0.29, 0.717) is 20.6 Å². The standard InChI is InChI=1S/C30H28N2O3S2/c1-19-25(28(34)35-18-21-9-6-5-7-10-21)26(23-11-8-16-36-23)32-27(33)24(37-29(32)31-19)17-20-12-14-22(15-13-20)30(2,3)4/h5-17,26H,18H2,1-4H3/b24-17+. The van der Waals surface area contributed by atoms with E-state index in [1.807, 2.05) is 73.0 Å². The Morgan fingerprint density at radius 3 is 2.43 bits per heavy atom. The highest BCUT2D eigenvalue weighted by Crippen LogP contribution is 2.33. The Morgan fingerprint density at radius 1 is 1.05 bits per heavy atom. The predicted octanol–water partition coefficient (Wildman–Crippen LogP) is 5.34. The van der Waals surface area contributed by atoms with Gasteiger partial charge in [0.1, 0.15) is 12.6 Å². The van der Waals surface area contributed by atoms with Gasteiger partial charge in [0.15, 0.2) is 4.80 Å². The highest BCUT2D eigenvalue weighted by molar-refractivity contribution is 7.10. The molecule has 0 spiro atoms. The molecule has 0 aliphatic carbocycles. The normalized spacial score (nSPS) is 15.9. The van der Waals surface area contributed by atoms with Crippen LogP contribution in [0.1, 0.15) is 55.3 Å². The Morgan fingerprint density at radius 2 is 1.78 bits per heavy atom. The summed E-state index contributed by atoms with van der Waals surface area (Å²) in [6, 6.07) is 21.1. The van der Waals surface area contributed by atoms with Crippen LogP contribution in [0.2, 0.25) is 0 Å². The molecule has 1 atom stereocenters. The Bertz CT molecular complexity index is 1640. The van der Waals surface area contributed by atoms with Crippen LogP contribution >= 0.6 is 22.7 Å². The van der Waals surface area contributed by atoms with Gasteiger partial charge in [-0.2, -0.15) is 0 Å². The van der Waals surface area contributed by atoms with Gasteiger partial charge in [0, 0.05) is 4.88 Å². The molecule has 37 heavy (non-hydrogen) atoms. The summed E-state index contributed by atoms with van der Waals surface area (Å²) in [7, 11) is 0. The molecule has 0 N–H and O–H groups in total. The molecule has 3 heterocycles. The van der Waals surface area contributed by atoms with Gasteiger partial charge >= 0.3 is 5.97 Å². The summed E-state index contributed by atoms with van der Waals surface area (Å²) >= 11 is 2.85. The number of thiophene rings is 1. The highest BCUT2D eigenvalue weighted by Gasteiger charge is 2.34. The Kier molecular flexibility index (Phi) is 6.84. The van der Waals surface area contributed by atoms with Crippen molar-refractivity contribution in [1.82, 2.24) is 4.57 Å². The third-order valence-electron chi connectivity index (χ3n) is 6.34. The Hall–Kier alpha value is -3.55. The van der Waals surface area contributed by atoms with Gasteiger partial charge in [-0.3, -0.25) is 9.36 Å². The summed E-state index contributed by atoms with van der Waals surface area (Å²) in [4.78, 5) is 33.2. The van der Waals surface area contributed by atoms with Crippen LogP contribution in [-0.2, 0) is 21.6 Å². The molecule has 0 saturated heterocycles. The number of fused-ring (bicyclic) bond motifs is 1. The van der Waals surface area contributed by atoms with Crippen LogP contribution < -0.4 is 14.9 Å². The molecule has 1 unspecified atom stereocenters. The molecule has 0 radical (unpaired) electrons. The van der Waals surface area contributed by atoms with Gasteiger partial charge in [0.2, 0.25) is 0 Å². The van der Waals surface area contributed by atoms with E-state index in [9.17, 15) is 9.59 Å². The first kappa shape index (κ1) is 25.1. The van der Waals surface area contributed by atoms with Crippen LogP contribution in [0.5, 0.6) is 0 Å². The van der Waals surface area contributed by atoms with Crippen LogP contribution in [0, 0.1) is 0 Å². The predicted molar refractivity (Wildman–Crippen MR) is 149 cm³/mol. The molecule has 1 aliphatic rings. The van der Waals surface area contributed by atoms with Gasteiger partial charge < -0.3 is 4.74 Å². The SMILES string of the molecule is CC1=C(C(=O)OCc2ccccc2)C(c2cccs2)n2c(s/c(=C/c3ccc(C(C)(C)C)cc3)c2=O)=N1. The summed E-state index contributed by atoms with van der Waals surface area (Å²) in [5.74, 6) is -0.462. The van der Waals surface area contributed by atoms with Gasteiger partial charge in [0.05, 0.1) is 15.8 Å². The third-order valence-corrected chi connectivity index (χ3v) is 8.25. The van der Waals surface area contributed by atoms with E-state index < -0.39 is 12.0 Å². The number of allylic oxidation sites excluding steroid dienone is 1. The largest absolute Gasteiger partial charge is 0.457 e. The van der Waals surface area contributed by atoms with Crippen molar-refractivity contribution in [2.45, 2.75) is 45.8 Å². The highest BCUT2D eigenvalue weighted by atomic mass is 32.1. The van der Waals surface area contributed by atoms with Gasteiger partial charge in [-0.1, -0.05) is 92.8 Å². The minimum absolute atomic E-state index is 0.0572. The number of rotatable bonds is 5. The van der Waals surface area contributed by atoms with Crippen LogP contribution in [-0.4, -0.2) is 10.5 Å². The van der Waals surface area contributed by atoms with Crippen molar-refractivity contribution in [3.63, 3.8) is 0 Å². The number of aromatic nitrogens is 1. The minimum Gasteiger partial charge on any atom is -0.457 e. The Labute approximate surface area is 223 Å². The summed E-state index contributed by atoms with van der Waals surface area (Å²) in [5.41, 5.74) is 3.94. The van der Waals surface area contributed by atoms with E-state index in [0.717, 1.165) is 16.0 Å². The fraction of sp³-hybridized carbons (Fsp3) is 0.233. The first-order chi connectivity index (χ1) is 17.7. The van der Waals surface area contributed by atoms with Crippen molar-refractivity contribution in [3.8, 4) is 0 Å². The van der Waals surface area contributed by atoms with Crippen molar-refractivity contribution in [2.75, 3.05) is 0 Å². The molecule has 2 aromatic carbocycles.